The van der Waals surface area contributed by atoms with Crippen LogP contribution in [-0.4, -0.2) is 17.9 Å². The number of para-hydroxylation sites is 1. The van der Waals surface area contributed by atoms with Crippen molar-refractivity contribution in [3.8, 4) is 5.75 Å². The van der Waals surface area contributed by atoms with E-state index >= 15 is 0 Å². The molecule has 0 aromatic heterocycles. The fourth-order valence-corrected chi connectivity index (χ4v) is 2.31. The van der Waals surface area contributed by atoms with Crippen LogP contribution < -0.4 is 15.6 Å². The molecule has 29 heavy (non-hydrogen) atoms. The second-order valence-corrected chi connectivity index (χ2v) is 6.15. The SMILES string of the molecule is CC(Oc1ccccc1F)C(=O)NNC(=O)/C=C/c1ccc(Cl)c(C(F)(F)F)c1. The van der Waals surface area contributed by atoms with Crippen molar-refractivity contribution in [2.24, 2.45) is 0 Å². The molecule has 0 radical (unpaired) electrons. The largest absolute Gasteiger partial charge is 0.478 e. The summed E-state index contributed by atoms with van der Waals surface area (Å²) in [7, 11) is 0. The number of amides is 2. The van der Waals surface area contributed by atoms with Gasteiger partial charge >= 0.3 is 6.18 Å². The van der Waals surface area contributed by atoms with Crippen LogP contribution in [0.15, 0.2) is 48.5 Å². The van der Waals surface area contributed by atoms with Crippen molar-refractivity contribution in [3.63, 3.8) is 0 Å². The first kappa shape index (κ1) is 22.2. The molecule has 2 rings (SSSR count). The molecule has 0 aliphatic heterocycles. The van der Waals surface area contributed by atoms with E-state index in [-0.39, 0.29) is 11.3 Å². The Bertz CT molecular complexity index is 932. The fourth-order valence-electron chi connectivity index (χ4n) is 2.09. The summed E-state index contributed by atoms with van der Waals surface area (Å²) < 4.78 is 57.1. The molecule has 0 heterocycles. The molecular formula is C19H15ClF4N2O3. The highest BCUT2D eigenvalue weighted by Gasteiger charge is 2.33. The molecule has 0 saturated carbocycles. The van der Waals surface area contributed by atoms with Crippen LogP contribution in [0.3, 0.4) is 0 Å². The number of carbonyl (C=O) groups excluding carboxylic acids is 2. The molecule has 2 aromatic rings. The minimum atomic E-state index is -4.63. The second kappa shape index (κ2) is 9.42. The van der Waals surface area contributed by atoms with E-state index in [1.807, 2.05) is 5.43 Å². The van der Waals surface area contributed by atoms with Crippen molar-refractivity contribution in [3.05, 3.63) is 70.5 Å². The Morgan fingerprint density at radius 1 is 1.14 bits per heavy atom. The molecule has 1 atom stereocenters. The maximum absolute atomic E-state index is 13.5. The van der Waals surface area contributed by atoms with Gasteiger partial charge in [-0.3, -0.25) is 20.4 Å². The molecule has 0 bridgehead atoms. The third-order valence-electron chi connectivity index (χ3n) is 3.54. The van der Waals surface area contributed by atoms with Crippen molar-refractivity contribution in [1.29, 1.82) is 0 Å². The Morgan fingerprint density at radius 3 is 2.48 bits per heavy atom. The van der Waals surface area contributed by atoms with E-state index in [1.165, 1.54) is 31.2 Å². The van der Waals surface area contributed by atoms with Gasteiger partial charge in [0.1, 0.15) is 0 Å². The zero-order valence-electron chi connectivity index (χ0n) is 14.9. The summed E-state index contributed by atoms with van der Waals surface area (Å²) in [6, 6.07) is 8.62. The lowest BCUT2D eigenvalue weighted by atomic mass is 10.1. The average Bonchev–Trinajstić information content (AvgIpc) is 2.66. The maximum atomic E-state index is 13.5. The van der Waals surface area contributed by atoms with Gasteiger partial charge in [0.25, 0.3) is 11.8 Å². The summed E-state index contributed by atoms with van der Waals surface area (Å²) >= 11 is 5.52. The number of ether oxygens (including phenoxy) is 1. The number of alkyl halides is 3. The number of halogens is 5. The first-order valence-corrected chi connectivity index (χ1v) is 8.51. The summed E-state index contributed by atoms with van der Waals surface area (Å²) in [5, 5.41) is -0.463. The summed E-state index contributed by atoms with van der Waals surface area (Å²) in [6.45, 7) is 1.34. The summed E-state index contributed by atoms with van der Waals surface area (Å²) in [5.74, 6) is -2.36. The van der Waals surface area contributed by atoms with Crippen molar-refractivity contribution in [1.82, 2.24) is 10.9 Å². The minimum Gasteiger partial charge on any atom is -0.478 e. The van der Waals surface area contributed by atoms with Gasteiger partial charge in [-0.1, -0.05) is 29.8 Å². The van der Waals surface area contributed by atoms with Crippen LogP contribution >= 0.6 is 11.6 Å². The summed E-state index contributed by atoms with van der Waals surface area (Å²) in [6.07, 6.45) is -3.72. The first-order chi connectivity index (χ1) is 13.6. The molecule has 2 amide bonds. The Labute approximate surface area is 168 Å². The second-order valence-electron chi connectivity index (χ2n) is 5.74. The van der Waals surface area contributed by atoms with Crippen molar-refractivity contribution in [2.45, 2.75) is 19.2 Å². The third kappa shape index (κ3) is 6.49. The number of benzene rings is 2. The molecule has 0 fully saturated rings. The van der Waals surface area contributed by atoms with Crippen LogP contribution in [0.4, 0.5) is 17.6 Å². The lowest BCUT2D eigenvalue weighted by Gasteiger charge is -2.15. The van der Waals surface area contributed by atoms with Gasteiger partial charge in [0.2, 0.25) is 0 Å². The predicted molar refractivity (Wildman–Crippen MR) is 98.3 cm³/mol. The molecular weight excluding hydrogens is 416 g/mol. The van der Waals surface area contributed by atoms with Crippen LogP contribution in [0.2, 0.25) is 5.02 Å². The Hall–Kier alpha value is -3.07. The monoisotopic (exact) mass is 430 g/mol. The number of rotatable bonds is 5. The van der Waals surface area contributed by atoms with Crippen molar-refractivity contribution in [2.75, 3.05) is 0 Å². The molecule has 0 spiro atoms. The van der Waals surface area contributed by atoms with Crippen molar-refractivity contribution < 1.29 is 31.9 Å². The maximum Gasteiger partial charge on any atom is 0.417 e. The molecule has 10 heteroatoms. The standard InChI is InChI=1S/C19H15ClF4N2O3/c1-11(29-16-5-3-2-4-15(16)21)18(28)26-25-17(27)9-7-12-6-8-14(20)13(10-12)19(22,23)24/h2-11H,1H3,(H,25,27)(H,26,28)/b9-7+. The summed E-state index contributed by atoms with van der Waals surface area (Å²) in [5.41, 5.74) is 3.16. The topological polar surface area (TPSA) is 67.4 Å². The highest BCUT2D eigenvalue weighted by molar-refractivity contribution is 6.31. The van der Waals surface area contributed by atoms with E-state index in [9.17, 15) is 27.2 Å². The fraction of sp³-hybridized carbons (Fsp3) is 0.158. The normalized spacial score (nSPS) is 12.5. The first-order valence-electron chi connectivity index (χ1n) is 8.14. The lowest BCUT2D eigenvalue weighted by Crippen LogP contribution is -2.46. The van der Waals surface area contributed by atoms with Crippen LogP contribution in [0.5, 0.6) is 5.75 Å². The van der Waals surface area contributed by atoms with Gasteiger partial charge in [0, 0.05) is 6.08 Å². The number of hydrogen-bond donors (Lipinski definition) is 2. The highest BCUT2D eigenvalue weighted by Crippen LogP contribution is 2.35. The molecule has 0 aliphatic carbocycles. The van der Waals surface area contributed by atoms with Gasteiger partial charge in [0.15, 0.2) is 17.7 Å². The van der Waals surface area contributed by atoms with E-state index in [0.717, 1.165) is 30.4 Å². The molecule has 1 unspecified atom stereocenters. The lowest BCUT2D eigenvalue weighted by molar-refractivity contribution is -0.137. The van der Waals surface area contributed by atoms with Gasteiger partial charge in [-0.05, 0) is 42.8 Å². The smallest absolute Gasteiger partial charge is 0.417 e. The van der Waals surface area contributed by atoms with Crippen LogP contribution in [0, 0.1) is 5.82 Å². The molecule has 2 aromatic carbocycles. The van der Waals surface area contributed by atoms with Crippen LogP contribution in [0.1, 0.15) is 18.1 Å². The van der Waals surface area contributed by atoms with Gasteiger partial charge in [-0.25, -0.2) is 4.39 Å². The van der Waals surface area contributed by atoms with Gasteiger partial charge in [-0.15, -0.1) is 0 Å². The Morgan fingerprint density at radius 2 is 1.83 bits per heavy atom. The van der Waals surface area contributed by atoms with Crippen molar-refractivity contribution >= 4 is 29.5 Å². The van der Waals surface area contributed by atoms with Crippen LogP contribution in [-0.2, 0) is 15.8 Å². The zero-order chi connectivity index (χ0) is 21.6. The van der Waals surface area contributed by atoms with E-state index in [1.54, 1.807) is 0 Å². The van der Waals surface area contributed by atoms with E-state index in [4.69, 9.17) is 16.3 Å². The van der Waals surface area contributed by atoms with Gasteiger partial charge in [-0.2, -0.15) is 13.2 Å². The summed E-state index contributed by atoms with van der Waals surface area (Å²) in [4.78, 5) is 23.6. The number of hydrazine groups is 1. The molecule has 0 aliphatic rings. The minimum absolute atomic E-state index is 0.0828. The van der Waals surface area contributed by atoms with E-state index in [0.29, 0.717) is 0 Å². The Kier molecular flexibility index (Phi) is 7.22. The number of nitrogens with one attached hydrogen (secondary N) is 2. The predicted octanol–water partition coefficient (Wildman–Crippen LogP) is 4.13. The average molecular weight is 431 g/mol. The van der Waals surface area contributed by atoms with E-state index in [2.05, 4.69) is 5.43 Å². The quantitative estimate of drug-likeness (QED) is 0.426. The molecule has 0 saturated heterocycles. The molecule has 2 N–H and O–H groups in total. The van der Waals surface area contributed by atoms with Gasteiger partial charge < -0.3 is 4.74 Å². The van der Waals surface area contributed by atoms with E-state index < -0.39 is 40.5 Å². The van der Waals surface area contributed by atoms with Gasteiger partial charge in [0.05, 0.1) is 10.6 Å². The molecule has 5 nitrogen and oxygen atoms in total. The molecule has 154 valence electrons. The Balaban J connectivity index is 1.91. The highest BCUT2D eigenvalue weighted by atomic mass is 35.5. The zero-order valence-corrected chi connectivity index (χ0v) is 15.6. The number of carbonyl (C=O) groups is 2. The third-order valence-corrected chi connectivity index (χ3v) is 3.87. The number of hydrogen-bond acceptors (Lipinski definition) is 3. The van der Waals surface area contributed by atoms with Crippen LogP contribution in [0.25, 0.3) is 6.08 Å².